The highest BCUT2D eigenvalue weighted by Gasteiger charge is 2.51. The van der Waals surface area contributed by atoms with Crippen LogP contribution in [0.25, 0.3) is 0 Å². The van der Waals surface area contributed by atoms with Gasteiger partial charge in [-0.05, 0) is 26.4 Å². The number of carbonyl (C=O) groups excluding carboxylic acids is 1. The van der Waals surface area contributed by atoms with Gasteiger partial charge in [-0.3, -0.25) is 9.69 Å². The van der Waals surface area contributed by atoms with Crippen LogP contribution >= 0.6 is 23.5 Å². The number of fused-ring (bicyclic) bond motifs is 1. The monoisotopic (exact) mass is 396 g/mol. The minimum atomic E-state index is -1.14. The van der Waals surface area contributed by atoms with E-state index < -0.39 is 12.0 Å². The zero-order valence-corrected chi connectivity index (χ0v) is 14.6. The number of carbonyl (C=O) groups is 2. The third-order valence-electron chi connectivity index (χ3n) is 3.85. The fraction of sp³-hybridized carbons (Fsp3) is 0.455. The Balaban J connectivity index is 1.51. The van der Waals surface area contributed by atoms with Crippen molar-refractivity contribution in [1.29, 1.82) is 0 Å². The van der Waals surface area contributed by atoms with Gasteiger partial charge in [0, 0.05) is 11.5 Å². The number of hydrogen-bond acceptors (Lipinski definition) is 11. The first-order valence-corrected chi connectivity index (χ1v) is 9.37. The molecule has 136 valence electrons. The molecule has 13 nitrogen and oxygen atoms in total. The van der Waals surface area contributed by atoms with Gasteiger partial charge in [0.25, 0.3) is 0 Å². The minimum absolute atomic E-state index is 0.00593. The molecule has 4 heterocycles. The lowest BCUT2D eigenvalue weighted by atomic mass is 10.0. The number of carboxylic acid groups (broad SMARTS) is 1. The fourth-order valence-corrected chi connectivity index (χ4v) is 4.94. The van der Waals surface area contributed by atoms with Crippen LogP contribution in [0.5, 0.6) is 0 Å². The molecule has 1 fully saturated rings. The first-order valence-electron chi connectivity index (χ1n) is 7.33. The third-order valence-corrected chi connectivity index (χ3v) is 6.26. The standard InChI is InChI=1S/C11H12N10O3S2/c12-6-8(22)21-7(10(23)24)4(2-25-9(6)21)3-26-11-15-18-19-20(11)1-5-13-16-17-14-5/h6,9H,1-3,12H2,(H,23,24)(H,13,14,16,17)/t6?,9-/m0/s1. The lowest BCUT2D eigenvalue weighted by Crippen LogP contribution is -2.68. The first kappa shape index (κ1) is 16.9. The third kappa shape index (κ3) is 2.82. The van der Waals surface area contributed by atoms with Gasteiger partial charge in [-0.15, -0.1) is 22.0 Å². The van der Waals surface area contributed by atoms with E-state index in [0.717, 1.165) is 0 Å². The molecule has 2 aromatic rings. The Morgan fingerprint density at radius 3 is 3.00 bits per heavy atom. The van der Waals surface area contributed by atoms with E-state index in [0.29, 0.717) is 28.1 Å². The smallest absolute Gasteiger partial charge is 0.352 e. The Bertz CT molecular complexity index is 881. The van der Waals surface area contributed by atoms with Gasteiger partial charge in [-0.1, -0.05) is 11.8 Å². The zero-order valence-electron chi connectivity index (χ0n) is 13.0. The predicted octanol–water partition coefficient (Wildman–Crippen LogP) is -2.09. The molecular weight excluding hydrogens is 384 g/mol. The molecule has 0 spiro atoms. The molecule has 15 heteroatoms. The molecule has 4 rings (SSSR count). The number of nitrogens with two attached hydrogens (primary N) is 1. The van der Waals surface area contributed by atoms with Gasteiger partial charge in [0.05, 0.1) is 0 Å². The van der Waals surface area contributed by atoms with E-state index in [9.17, 15) is 14.7 Å². The highest BCUT2D eigenvalue weighted by molar-refractivity contribution is 8.01. The number of aliphatic carboxylic acids is 1. The molecule has 1 unspecified atom stereocenters. The summed E-state index contributed by atoms with van der Waals surface area (Å²) in [6.45, 7) is 0.253. The van der Waals surface area contributed by atoms with E-state index >= 15 is 0 Å². The molecule has 0 saturated carbocycles. The van der Waals surface area contributed by atoms with Crippen LogP contribution in [0.3, 0.4) is 0 Å². The number of H-pyrrole nitrogens is 1. The number of aromatic nitrogens is 8. The van der Waals surface area contributed by atoms with Crippen LogP contribution in [0.1, 0.15) is 5.82 Å². The van der Waals surface area contributed by atoms with E-state index in [4.69, 9.17) is 5.73 Å². The Morgan fingerprint density at radius 2 is 2.27 bits per heavy atom. The summed E-state index contributed by atoms with van der Waals surface area (Å²) in [7, 11) is 0. The molecule has 2 aliphatic heterocycles. The average molecular weight is 396 g/mol. The normalized spacial score (nSPS) is 22.3. The lowest BCUT2D eigenvalue weighted by molar-refractivity contribution is -0.147. The average Bonchev–Trinajstić information content (AvgIpc) is 3.30. The van der Waals surface area contributed by atoms with Crippen molar-refractivity contribution < 1.29 is 14.7 Å². The Labute approximate surface area is 153 Å². The van der Waals surface area contributed by atoms with Crippen LogP contribution in [0.2, 0.25) is 0 Å². The molecule has 26 heavy (non-hydrogen) atoms. The van der Waals surface area contributed by atoms with Crippen molar-refractivity contribution in [1.82, 2.24) is 45.7 Å². The van der Waals surface area contributed by atoms with E-state index in [-0.39, 0.29) is 23.5 Å². The van der Waals surface area contributed by atoms with Gasteiger partial charge in [-0.25, -0.2) is 14.6 Å². The Hall–Kier alpha value is -2.52. The number of hydrogen-bond donors (Lipinski definition) is 3. The number of aromatic amines is 1. The summed E-state index contributed by atoms with van der Waals surface area (Å²) < 4.78 is 1.50. The van der Waals surface area contributed by atoms with Crippen LogP contribution in [-0.4, -0.2) is 85.6 Å². The number of β-lactam (4-membered cyclic amide) rings is 1. The van der Waals surface area contributed by atoms with Gasteiger partial charge in [-0.2, -0.15) is 0 Å². The molecule has 2 aromatic heterocycles. The van der Waals surface area contributed by atoms with Crippen molar-refractivity contribution in [2.24, 2.45) is 5.73 Å². The number of nitrogens with one attached hydrogen (secondary N) is 1. The molecule has 4 N–H and O–H groups in total. The predicted molar refractivity (Wildman–Crippen MR) is 87.5 cm³/mol. The second kappa shape index (κ2) is 6.65. The molecule has 0 aromatic carbocycles. The maximum Gasteiger partial charge on any atom is 0.352 e. The van der Waals surface area contributed by atoms with Crippen LogP contribution in [0.4, 0.5) is 0 Å². The van der Waals surface area contributed by atoms with Gasteiger partial charge >= 0.3 is 5.97 Å². The van der Waals surface area contributed by atoms with Crippen LogP contribution in [0, 0.1) is 0 Å². The zero-order chi connectivity index (χ0) is 18.3. The van der Waals surface area contributed by atoms with Gasteiger partial charge in [0.15, 0.2) is 5.82 Å². The lowest BCUT2D eigenvalue weighted by Gasteiger charge is -2.48. The van der Waals surface area contributed by atoms with Gasteiger partial charge in [0.2, 0.25) is 11.1 Å². The van der Waals surface area contributed by atoms with Gasteiger partial charge < -0.3 is 10.8 Å². The minimum Gasteiger partial charge on any atom is -0.477 e. The second-order valence-corrected chi connectivity index (χ2v) is 7.50. The van der Waals surface area contributed by atoms with E-state index in [2.05, 4.69) is 36.1 Å². The van der Waals surface area contributed by atoms with Crippen molar-refractivity contribution in [2.45, 2.75) is 23.1 Å². The molecule has 0 bridgehead atoms. The summed E-state index contributed by atoms with van der Waals surface area (Å²) in [5.41, 5.74) is 6.37. The molecule has 1 amide bonds. The maximum absolute atomic E-state index is 11.9. The topological polar surface area (TPSA) is 182 Å². The van der Waals surface area contributed by atoms with Crippen molar-refractivity contribution >= 4 is 35.4 Å². The summed E-state index contributed by atoms with van der Waals surface area (Å²) in [4.78, 5) is 24.9. The molecule has 2 aliphatic rings. The first-order chi connectivity index (χ1) is 12.6. The summed E-state index contributed by atoms with van der Waals surface area (Å²) in [6, 6.07) is -0.647. The van der Waals surface area contributed by atoms with Crippen LogP contribution in [0.15, 0.2) is 16.4 Å². The summed E-state index contributed by atoms with van der Waals surface area (Å²) in [5, 5.41) is 34.5. The SMILES string of the molecule is NC1C(=O)N2C(C(=O)O)=C(CSc3nnnn3Cc3nnn[nH]3)CS[C@@H]12. The maximum atomic E-state index is 11.9. The molecule has 2 atom stereocenters. The number of amides is 1. The van der Waals surface area contributed by atoms with E-state index in [1.165, 1.54) is 33.1 Å². The van der Waals surface area contributed by atoms with E-state index in [1.807, 2.05) is 0 Å². The highest BCUT2D eigenvalue weighted by atomic mass is 32.2. The van der Waals surface area contributed by atoms with Crippen molar-refractivity contribution in [3.8, 4) is 0 Å². The number of nitrogens with zero attached hydrogens (tertiary/aromatic N) is 8. The van der Waals surface area contributed by atoms with Crippen LogP contribution in [-0.2, 0) is 16.1 Å². The fourth-order valence-electron chi connectivity index (χ4n) is 2.63. The number of rotatable bonds is 6. The second-order valence-electron chi connectivity index (χ2n) is 5.45. The van der Waals surface area contributed by atoms with Gasteiger partial charge in [0.1, 0.15) is 23.7 Å². The summed E-state index contributed by atoms with van der Waals surface area (Å²) in [6.07, 6.45) is 0. The largest absolute Gasteiger partial charge is 0.477 e. The van der Waals surface area contributed by atoms with Crippen molar-refractivity contribution in [3.63, 3.8) is 0 Å². The summed E-state index contributed by atoms with van der Waals surface area (Å²) in [5.74, 6) is -0.219. The Kier molecular flexibility index (Phi) is 4.33. The molecule has 0 radical (unpaired) electrons. The Morgan fingerprint density at radius 1 is 1.42 bits per heavy atom. The highest BCUT2D eigenvalue weighted by Crippen LogP contribution is 2.40. The molecular formula is C11H12N10O3S2. The molecule has 0 aliphatic carbocycles. The van der Waals surface area contributed by atoms with Crippen LogP contribution < -0.4 is 5.73 Å². The number of thioether (sulfide) groups is 2. The van der Waals surface area contributed by atoms with E-state index in [1.54, 1.807) is 0 Å². The van der Waals surface area contributed by atoms with Crippen molar-refractivity contribution in [3.05, 3.63) is 17.1 Å². The number of tetrazole rings is 2. The number of carboxylic acids is 1. The summed E-state index contributed by atoms with van der Waals surface area (Å²) >= 11 is 2.73. The quantitative estimate of drug-likeness (QED) is 0.358. The molecule has 1 saturated heterocycles. The van der Waals surface area contributed by atoms with Crippen molar-refractivity contribution in [2.75, 3.05) is 11.5 Å².